The number of aromatic nitrogens is 1. The van der Waals surface area contributed by atoms with Gasteiger partial charge in [0.05, 0.1) is 0 Å². The summed E-state index contributed by atoms with van der Waals surface area (Å²) < 4.78 is 5.95. The smallest absolute Gasteiger partial charge is 0.254 e. The average Bonchev–Trinajstić information content (AvgIpc) is 2.81. The van der Waals surface area contributed by atoms with Crippen LogP contribution in [0.25, 0.3) is 0 Å². The highest BCUT2D eigenvalue weighted by atomic mass is 16.5. The fraction of sp³-hybridized carbons (Fsp3) is 0.357. The van der Waals surface area contributed by atoms with Crippen LogP contribution >= 0.6 is 0 Å². The van der Waals surface area contributed by atoms with E-state index in [1.54, 1.807) is 6.07 Å². The number of carbonyl (C=O) groups is 1. The minimum absolute atomic E-state index is 0.138. The number of carbonyl (C=O) groups excluding carboxylic acids is 1. The summed E-state index contributed by atoms with van der Waals surface area (Å²) >= 11 is 0. The van der Waals surface area contributed by atoms with Gasteiger partial charge in [-0.3, -0.25) is 4.79 Å². The number of pyridine rings is 1. The Kier molecular flexibility index (Phi) is 6.80. The van der Waals surface area contributed by atoms with E-state index < -0.39 is 5.91 Å². The summed E-state index contributed by atoms with van der Waals surface area (Å²) in [5.74, 6) is 0.720. The molecule has 172 valence electrons. The number of benzene rings is 2. The number of para-hydroxylation sites is 1. The maximum atomic E-state index is 12.0. The standard InChI is InChI=1S/C28H33N3O2/c1-20-9-7-8-10-22(20)19-28(31(2)3)17-15-21(16-18-28)25-14-13-24(26(29)32)27(30-25)33-23-11-5-4-6-12-23/h4-14,21H,15-19H2,1-3H3,(H2,29,32). The molecular formula is C28H33N3O2. The topological polar surface area (TPSA) is 68.5 Å². The molecule has 0 unspecified atom stereocenters. The lowest BCUT2D eigenvalue weighted by Crippen LogP contribution is -2.48. The van der Waals surface area contributed by atoms with Crippen LogP contribution in [-0.2, 0) is 6.42 Å². The van der Waals surface area contributed by atoms with E-state index in [9.17, 15) is 4.79 Å². The lowest BCUT2D eigenvalue weighted by Gasteiger charge is -2.45. The predicted molar refractivity (Wildman–Crippen MR) is 132 cm³/mol. The molecule has 3 aromatic rings. The highest BCUT2D eigenvalue weighted by Crippen LogP contribution is 2.42. The Morgan fingerprint density at radius 3 is 2.33 bits per heavy atom. The van der Waals surface area contributed by atoms with E-state index in [2.05, 4.69) is 50.2 Å². The molecule has 0 bridgehead atoms. The van der Waals surface area contributed by atoms with Crippen LogP contribution in [0.5, 0.6) is 11.6 Å². The van der Waals surface area contributed by atoms with Crippen LogP contribution in [0, 0.1) is 6.92 Å². The first kappa shape index (κ1) is 23.0. The van der Waals surface area contributed by atoms with Gasteiger partial charge in [0.2, 0.25) is 5.88 Å². The van der Waals surface area contributed by atoms with Gasteiger partial charge >= 0.3 is 0 Å². The second kappa shape index (κ2) is 9.75. The normalized spacial score (nSPS) is 20.5. The molecule has 1 aromatic heterocycles. The Labute approximate surface area is 196 Å². The first-order valence-electron chi connectivity index (χ1n) is 11.6. The monoisotopic (exact) mass is 443 g/mol. The van der Waals surface area contributed by atoms with Gasteiger partial charge in [-0.2, -0.15) is 0 Å². The molecule has 1 aliphatic carbocycles. The molecule has 1 fully saturated rings. The van der Waals surface area contributed by atoms with Crippen molar-refractivity contribution in [3.8, 4) is 11.6 Å². The number of amides is 1. The van der Waals surface area contributed by atoms with Gasteiger partial charge in [0.15, 0.2) is 0 Å². The zero-order chi connectivity index (χ0) is 23.4. The van der Waals surface area contributed by atoms with Crippen LogP contribution in [0.4, 0.5) is 0 Å². The van der Waals surface area contributed by atoms with E-state index in [0.29, 0.717) is 17.2 Å². The molecular weight excluding hydrogens is 410 g/mol. The van der Waals surface area contributed by atoms with Gasteiger partial charge in [-0.15, -0.1) is 0 Å². The Bertz CT molecular complexity index is 1100. The Hall–Kier alpha value is -3.18. The SMILES string of the molecule is Cc1ccccc1CC1(N(C)C)CCC(c2ccc(C(N)=O)c(Oc3ccccc3)n2)CC1. The minimum atomic E-state index is -0.534. The largest absolute Gasteiger partial charge is 0.438 e. The molecule has 5 nitrogen and oxygen atoms in total. The number of hydrogen-bond acceptors (Lipinski definition) is 4. The first-order valence-corrected chi connectivity index (χ1v) is 11.6. The first-order chi connectivity index (χ1) is 15.9. The van der Waals surface area contributed by atoms with Crippen molar-refractivity contribution in [1.82, 2.24) is 9.88 Å². The molecule has 0 saturated heterocycles. The van der Waals surface area contributed by atoms with Gasteiger partial charge < -0.3 is 15.4 Å². The lowest BCUT2D eigenvalue weighted by atomic mass is 9.71. The van der Waals surface area contributed by atoms with E-state index in [-0.39, 0.29) is 11.4 Å². The predicted octanol–water partition coefficient (Wildman–Crippen LogP) is 5.48. The van der Waals surface area contributed by atoms with Crippen LogP contribution in [0.2, 0.25) is 0 Å². The second-order valence-corrected chi connectivity index (χ2v) is 9.36. The molecule has 4 rings (SSSR count). The van der Waals surface area contributed by atoms with Crippen molar-refractivity contribution >= 4 is 5.91 Å². The number of rotatable bonds is 7. The van der Waals surface area contributed by atoms with E-state index in [0.717, 1.165) is 37.8 Å². The molecule has 0 radical (unpaired) electrons. The molecule has 1 aliphatic rings. The van der Waals surface area contributed by atoms with Crippen molar-refractivity contribution in [2.24, 2.45) is 5.73 Å². The second-order valence-electron chi connectivity index (χ2n) is 9.36. The number of nitrogens with zero attached hydrogens (tertiary/aromatic N) is 2. The number of likely N-dealkylation sites (N-methyl/N-ethyl adjacent to an activating group) is 1. The lowest BCUT2D eigenvalue weighted by molar-refractivity contribution is 0.0918. The molecule has 1 saturated carbocycles. The summed E-state index contributed by atoms with van der Waals surface area (Å²) in [7, 11) is 4.40. The summed E-state index contributed by atoms with van der Waals surface area (Å²) in [6.07, 6.45) is 5.31. The molecule has 1 heterocycles. The van der Waals surface area contributed by atoms with Gasteiger partial charge in [0.1, 0.15) is 11.3 Å². The number of ether oxygens (including phenoxy) is 1. The Balaban J connectivity index is 1.54. The van der Waals surface area contributed by atoms with E-state index in [1.165, 1.54) is 11.1 Å². The van der Waals surface area contributed by atoms with E-state index in [1.807, 2.05) is 36.4 Å². The van der Waals surface area contributed by atoms with E-state index >= 15 is 0 Å². The highest BCUT2D eigenvalue weighted by molar-refractivity contribution is 5.95. The summed E-state index contributed by atoms with van der Waals surface area (Å²) in [6, 6.07) is 21.8. The van der Waals surface area contributed by atoms with Crippen molar-refractivity contribution in [2.45, 2.75) is 50.5 Å². The fourth-order valence-electron chi connectivity index (χ4n) is 4.94. The van der Waals surface area contributed by atoms with Gasteiger partial charge in [-0.25, -0.2) is 4.98 Å². The average molecular weight is 444 g/mol. The van der Waals surface area contributed by atoms with Gasteiger partial charge in [0, 0.05) is 17.2 Å². The Morgan fingerprint density at radius 1 is 1.03 bits per heavy atom. The molecule has 0 atom stereocenters. The van der Waals surface area contributed by atoms with Gasteiger partial charge in [-0.1, -0.05) is 42.5 Å². The number of primary amides is 1. The maximum Gasteiger partial charge on any atom is 0.254 e. The molecule has 0 spiro atoms. The van der Waals surface area contributed by atoms with Crippen LogP contribution in [-0.4, -0.2) is 35.4 Å². The molecule has 33 heavy (non-hydrogen) atoms. The zero-order valence-corrected chi connectivity index (χ0v) is 19.8. The fourth-order valence-corrected chi connectivity index (χ4v) is 4.94. The minimum Gasteiger partial charge on any atom is -0.438 e. The van der Waals surface area contributed by atoms with Crippen molar-refractivity contribution < 1.29 is 9.53 Å². The van der Waals surface area contributed by atoms with E-state index in [4.69, 9.17) is 15.5 Å². The highest BCUT2D eigenvalue weighted by Gasteiger charge is 2.38. The summed E-state index contributed by atoms with van der Waals surface area (Å²) in [4.78, 5) is 19.1. The summed E-state index contributed by atoms with van der Waals surface area (Å²) in [5.41, 5.74) is 9.77. The zero-order valence-electron chi connectivity index (χ0n) is 19.8. The van der Waals surface area contributed by atoms with Crippen LogP contribution in [0.1, 0.15) is 58.8 Å². The third kappa shape index (κ3) is 5.09. The quantitative estimate of drug-likeness (QED) is 0.525. The molecule has 2 aromatic carbocycles. The van der Waals surface area contributed by atoms with Crippen LogP contribution < -0.4 is 10.5 Å². The number of nitrogens with two attached hydrogens (primary N) is 1. The van der Waals surface area contributed by atoms with Crippen molar-refractivity contribution in [2.75, 3.05) is 14.1 Å². The third-order valence-corrected chi connectivity index (χ3v) is 7.17. The Morgan fingerprint density at radius 2 is 1.70 bits per heavy atom. The summed E-state index contributed by atoms with van der Waals surface area (Å²) in [6.45, 7) is 2.20. The molecule has 1 amide bonds. The molecule has 2 N–H and O–H groups in total. The van der Waals surface area contributed by atoms with Gasteiger partial charge in [0.25, 0.3) is 5.91 Å². The molecule has 0 aliphatic heterocycles. The van der Waals surface area contributed by atoms with Crippen molar-refractivity contribution in [3.63, 3.8) is 0 Å². The number of hydrogen-bond donors (Lipinski definition) is 1. The molecule has 5 heteroatoms. The third-order valence-electron chi connectivity index (χ3n) is 7.17. The number of aryl methyl sites for hydroxylation is 1. The maximum absolute atomic E-state index is 12.0. The van der Waals surface area contributed by atoms with Crippen LogP contribution in [0.15, 0.2) is 66.7 Å². The van der Waals surface area contributed by atoms with Crippen molar-refractivity contribution in [3.05, 3.63) is 89.1 Å². The summed E-state index contributed by atoms with van der Waals surface area (Å²) in [5, 5.41) is 0. The van der Waals surface area contributed by atoms with Crippen LogP contribution in [0.3, 0.4) is 0 Å². The van der Waals surface area contributed by atoms with Gasteiger partial charge in [-0.05, 0) is 88.5 Å². The van der Waals surface area contributed by atoms with Crippen molar-refractivity contribution in [1.29, 1.82) is 0 Å².